The molecule has 3 nitrogen and oxygen atoms in total. The summed E-state index contributed by atoms with van der Waals surface area (Å²) in [5.41, 5.74) is 7.30. The molecule has 3 N–H and O–H groups in total. The smallest absolute Gasteiger partial charge is 0.293 e. The highest BCUT2D eigenvalue weighted by Gasteiger charge is 1.99. The van der Waals surface area contributed by atoms with Gasteiger partial charge in [0.2, 0.25) is 0 Å². The van der Waals surface area contributed by atoms with E-state index < -0.39 is 5.91 Å². The second-order valence-corrected chi connectivity index (χ2v) is 2.86. The van der Waals surface area contributed by atoms with Gasteiger partial charge in [-0.1, -0.05) is 18.1 Å². The molecule has 0 aliphatic heterocycles. The summed E-state index contributed by atoms with van der Waals surface area (Å²) in [5.74, 6) is 4.26. The summed E-state index contributed by atoms with van der Waals surface area (Å²) in [6.07, 6.45) is 0. The molecule has 0 saturated heterocycles. The number of aliphatic hydroxyl groups is 1. The predicted molar refractivity (Wildman–Crippen MR) is 53.2 cm³/mol. The normalized spacial score (nSPS) is 9.00. The van der Waals surface area contributed by atoms with Crippen LogP contribution in [0, 0.1) is 18.8 Å². The van der Waals surface area contributed by atoms with E-state index >= 15 is 0 Å². The van der Waals surface area contributed by atoms with Crippen LogP contribution < -0.4 is 5.73 Å². The Morgan fingerprint density at radius 2 is 2.29 bits per heavy atom. The molecule has 0 aromatic heterocycles. The fraction of sp³-hybridized carbons (Fsp3) is 0.182. The Labute approximate surface area is 82.6 Å². The Bertz CT molecular complexity index is 413. The average Bonchev–Trinajstić information content (AvgIpc) is 2.16. The van der Waals surface area contributed by atoms with Crippen LogP contribution in [0.1, 0.15) is 16.7 Å². The molecule has 0 atom stereocenters. The molecule has 3 heteroatoms. The van der Waals surface area contributed by atoms with Gasteiger partial charge >= 0.3 is 0 Å². The summed E-state index contributed by atoms with van der Waals surface area (Å²) in [4.78, 5) is 10.4. The number of rotatable bonds is 1. The lowest BCUT2D eigenvalue weighted by molar-refractivity contribution is -0.112. The first-order chi connectivity index (χ1) is 6.65. The molecule has 72 valence electrons. The number of nitrogens with two attached hydrogens (primary N) is 1. The number of carbonyl (C=O) groups is 1. The molecule has 0 heterocycles. The standard InChI is InChI=1S/C11H11NO2/c1-8-9(5-6-11(12)14)3-2-4-10(8)7-13/h2-4,13H,7H2,1H3,(H2,12,14). The highest BCUT2D eigenvalue weighted by Crippen LogP contribution is 2.12. The number of hydrogen-bond donors (Lipinski definition) is 2. The van der Waals surface area contributed by atoms with Crippen molar-refractivity contribution in [3.63, 3.8) is 0 Å². The number of aliphatic hydroxyl groups excluding tert-OH is 1. The molecular formula is C11H11NO2. The van der Waals surface area contributed by atoms with Gasteiger partial charge in [-0.2, -0.15) is 0 Å². The quantitative estimate of drug-likeness (QED) is 0.625. The average molecular weight is 189 g/mol. The molecule has 0 spiro atoms. The van der Waals surface area contributed by atoms with E-state index in [1.165, 1.54) is 0 Å². The van der Waals surface area contributed by atoms with Crippen molar-refractivity contribution in [2.24, 2.45) is 5.73 Å². The van der Waals surface area contributed by atoms with Crippen LogP contribution in [0.4, 0.5) is 0 Å². The molecule has 0 aliphatic carbocycles. The van der Waals surface area contributed by atoms with Crippen LogP contribution in [0.2, 0.25) is 0 Å². The molecule has 0 radical (unpaired) electrons. The van der Waals surface area contributed by atoms with Crippen molar-refractivity contribution in [2.45, 2.75) is 13.5 Å². The van der Waals surface area contributed by atoms with Crippen LogP contribution in [0.5, 0.6) is 0 Å². The minimum atomic E-state index is -0.654. The number of primary amides is 1. The molecule has 0 fully saturated rings. The van der Waals surface area contributed by atoms with Gasteiger partial charge in [-0.3, -0.25) is 4.79 Å². The highest BCUT2D eigenvalue weighted by molar-refractivity contribution is 5.92. The fourth-order valence-corrected chi connectivity index (χ4v) is 1.12. The fourth-order valence-electron chi connectivity index (χ4n) is 1.12. The Balaban J connectivity index is 3.12. The van der Waals surface area contributed by atoms with Crippen molar-refractivity contribution in [2.75, 3.05) is 0 Å². The van der Waals surface area contributed by atoms with Crippen molar-refractivity contribution in [1.29, 1.82) is 0 Å². The van der Waals surface area contributed by atoms with Gasteiger partial charge in [0.05, 0.1) is 6.61 Å². The molecule has 14 heavy (non-hydrogen) atoms. The molecule has 1 rings (SSSR count). The van der Waals surface area contributed by atoms with E-state index in [-0.39, 0.29) is 6.61 Å². The Kier molecular flexibility index (Phi) is 3.27. The molecule has 1 aromatic rings. The van der Waals surface area contributed by atoms with Crippen LogP contribution in [-0.4, -0.2) is 11.0 Å². The maximum Gasteiger partial charge on any atom is 0.293 e. The first-order valence-corrected chi connectivity index (χ1v) is 4.16. The predicted octanol–water partition coefficient (Wildman–Crippen LogP) is 0.324. The molecule has 1 aromatic carbocycles. The van der Waals surface area contributed by atoms with Crippen LogP contribution in [0.15, 0.2) is 18.2 Å². The van der Waals surface area contributed by atoms with Crippen molar-refractivity contribution in [3.8, 4) is 11.8 Å². The number of amides is 1. The number of hydrogen-bond acceptors (Lipinski definition) is 2. The minimum absolute atomic E-state index is 0.0298. The van der Waals surface area contributed by atoms with Gasteiger partial charge in [0.25, 0.3) is 5.91 Å². The Morgan fingerprint density at radius 1 is 1.57 bits per heavy atom. The summed E-state index contributed by atoms with van der Waals surface area (Å²) in [6.45, 7) is 1.81. The lowest BCUT2D eigenvalue weighted by Crippen LogP contribution is -2.06. The van der Waals surface area contributed by atoms with Gasteiger partial charge in [-0.15, -0.1) is 0 Å². The molecule has 0 bridgehead atoms. The molecule has 0 saturated carbocycles. The third kappa shape index (κ3) is 2.35. The van der Waals surface area contributed by atoms with E-state index in [2.05, 4.69) is 11.8 Å². The van der Waals surface area contributed by atoms with Crippen molar-refractivity contribution >= 4 is 5.91 Å². The maximum absolute atomic E-state index is 10.4. The molecule has 0 unspecified atom stereocenters. The second-order valence-electron chi connectivity index (χ2n) is 2.86. The van der Waals surface area contributed by atoms with Crippen LogP contribution in [0.25, 0.3) is 0 Å². The minimum Gasteiger partial charge on any atom is -0.392 e. The monoisotopic (exact) mass is 189 g/mol. The lowest BCUT2D eigenvalue weighted by atomic mass is 10.0. The lowest BCUT2D eigenvalue weighted by Gasteiger charge is -2.03. The summed E-state index contributed by atoms with van der Waals surface area (Å²) < 4.78 is 0. The van der Waals surface area contributed by atoms with Crippen molar-refractivity contribution in [3.05, 3.63) is 34.9 Å². The summed E-state index contributed by atoms with van der Waals surface area (Å²) in [5, 5.41) is 8.98. The maximum atomic E-state index is 10.4. The molecule has 0 aliphatic rings. The molecule has 1 amide bonds. The van der Waals surface area contributed by atoms with E-state index in [9.17, 15) is 4.79 Å². The SMILES string of the molecule is Cc1c(C#CC(N)=O)cccc1CO. The van der Waals surface area contributed by atoms with E-state index in [0.717, 1.165) is 16.7 Å². The Morgan fingerprint density at radius 3 is 2.86 bits per heavy atom. The number of benzene rings is 1. The van der Waals surface area contributed by atoms with Gasteiger partial charge < -0.3 is 10.8 Å². The summed E-state index contributed by atoms with van der Waals surface area (Å²) in [6, 6.07) is 5.37. The van der Waals surface area contributed by atoms with Gasteiger partial charge in [0.15, 0.2) is 0 Å². The second kappa shape index (κ2) is 4.45. The summed E-state index contributed by atoms with van der Waals surface area (Å²) in [7, 11) is 0. The van der Waals surface area contributed by atoms with Crippen LogP contribution in [0.3, 0.4) is 0 Å². The van der Waals surface area contributed by atoms with Gasteiger partial charge in [-0.05, 0) is 30.0 Å². The zero-order valence-electron chi connectivity index (χ0n) is 7.87. The number of carbonyl (C=O) groups excluding carboxylic acids is 1. The topological polar surface area (TPSA) is 63.3 Å². The summed E-state index contributed by atoms with van der Waals surface area (Å²) >= 11 is 0. The van der Waals surface area contributed by atoms with E-state index in [0.29, 0.717) is 0 Å². The zero-order valence-corrected chi connectivity index (χ0v) is 7.87. The van der Waals surface area contributed by atoms with Crippen molar-refractivity contribution in [1.82, 2.24) is 0 Å². The zero-order chi connectivity index (χ0) is 10.6. The third-order valence-electron chi connectivity index (χ3n) is 1.94. The van der Waals surface area contributed by atoms with E-state index in [1.807, 2.05) is 13.0 Å². The highest BCUT2D eigenvalue weighted by atomic mass is 16.3. The van der Waals surface area contributed by atoms with Gasteiger partial charge in [0, 0.05) is 5.56 Å². The van der Waals surface area contributed by atoms with Gasteiger partial charge in [-0.25, -0.2) is 0 Å². The Hall–Kier alpha value is -1.79. The van der Waals surface area contributed by atoms with Crippen LogP contribution in [-0.2, 0) is 11.4 Å². The third-order valence-corrected chi connectivity index (χ3v) is 1.94. The van der Waals surface area contributed by atoms with Crippen molar-refractivity contribution < 1.29 is 9.90 Å². The van der Waals surface area contributed by atoms with E-state index in [1.54, 1.807) is 12.1 Å². The molecular weight excluding hydrogens is 178 g/mol. The van der Waals surface area contributed by atoms with Crippen LogP contribution >= 0.6 is 0 Å². The first kappa shape index (κ1) is 10.3. The largest absolute Gasteiger partial charge is 0.392 e. The van der Waals surface area contributed by atoms with Gasteiger partial charge in [0.1, 0.15) is 0 Å². The van der Waals surface area contributed by atoms with E-state index in [4.69, 9.17) is 10.8 Å². The first-order valence-electron chi connectivity index (χ1n) is 4.16.